The lowest BCUT2D eigenvalue weighted by atomic mass is 10.0. The molecule has 1 atom stereocenters. The van der Waals surface area contributed by atoms with Gasteiger partial charge in [-0.2, -0.15) is 0 Å². The summed E-state index contributed by atoms with van der Waals surface area (Å²) in [6.07, 6.45) is 19.1. The molecule has 0 saturated carbocycles. The van der Waals surface area contributed by atoms with Crippen LogP contribution < -0.4 is 0 Å². The third kappa shape index (κ3) is 18.4. The lowest BCUT2D eigenvalue weighted by Gasteiger charge is -2.10. The molecule has 0 spiro atoms. The first-order valence-corrected chi connectivity index (χ1v) is 12.2. The van der Waals surface area contributed by atoms with Crippen molar-refractivity contribution in [2.75, 3.05) is 6.61 Å². The lowest BCUT2D eigenvalue weighted by Crippen LogP contribution is -2.04. The minimum absolute atomic E-state index is 0.0417. The molecule has 0 amide bonds. The number of carbonyl (C=O) groups is 1. The molecule has 6 heteroatoms. The summed E-state index contributed by atoms with van der Waals surface area (Å²) in [6, 6.07) is 0. The topological polar surface area (TPSA) is 72.8 Å². The van der Waals surface area contributed by atoms with Gasteiger partial charge in [0.25, 0.3) is 0 Å². The Morgan fingerprint density at radius 3 is 1.50 bits per heavy atom. The number of unbranched alkanes of at least 4 members (excludes halogenated alkanes) is 14. The molecule has 26 heavy (non-hydrogen) atoms. The summed E-state index contributed by atoms with van der Waals surface area (Å²) in [4.78, 5) is 20.6. The first-order chi connectivity index (χ1) is 12.5. The van der Waals surface area contributed by atoms with Gasteiger partial charge in [-0.25, -0.2) is 4.57 Å². The summed E-state index contributed by atoms with van der Waals surface area (Å²) in [5.74, 6) is -0.654. The van der Waals surface area contributed by atoms with E-state index in [0.29, 0.717) is 6.42 Å². The van der Waals surface area contributed by atoms with Crippen molar-refractivity contribution in [1.29, 1.82) is 0 Å². The molecule has 0 saturated heterocycles. The fraction of sp³-hybridized carbons (Fsp3) is 0.950. The number of phosphoric acid groups is 1. The zero-order valence-corrected chi connectivity index (χ0v) is 17.9. The maximum atomic E-state index is 11.4. The van der Waals surface area contributed by atoms with Gasteiger partial charge in [-0.1, -0.05) is 96.8 Å². The Hall–Kier alpha value is -0.380. The molecule has 5 nitrogen and oxygen atoms in total. The second kappa shape index (κ2) is 18.0. The van der Waals surface area contributed by atoms with E-state index in [0.717, 1.165) is 12.8 Å². The highest BCUT2D eigenvalue weighted by Crippen LogP contribution is 2.43. The molecule has 1 N–H and O–H groups in total. The second-order valence-electron chi connectivity index (χ2n) is 7.05. The molecule has 0 bridgehead atoms. The van der Waals surface area contributed by atoms with Gasteiger partial charge < -0.3 is 4.52 Å². The molecule has 0 aromatic carbocycles. The standard InChI is InChI=1S/C20H41O5P/c1-3-5-6-7-8-9-10-11-12-13-14-15-16-17-18-19-20(21)25-26(22,23)24-4-2/h3-19H2,1-2H3,(H,22,23). The maximum Gasteiger partial charge on any atom is 0.529 e. The Kier molecular flexibility index (Phi) is 17.7. The molecule has 0 radical (unpaired) electrons. The van der Waals surface area contributed by atoms with E-state index in [4.69, 9.17) is 0 Å². The smallest absolute Gasteiger partial charge is 0.371 e. The summed E-state index contributed by atoms with van der Waals surface area (Å²) >= 11 is 0. The Balaban J connectivity index is 3.26. The summed E-state index contributed by atoms with van der Waals surface area (Å²) in [6.45, 7) is 3.87. The molecule has 0 rings (SSSR count). The fourth-order valence-electron chi connectivity index (χ4n) is 3.00. The molecule has 0 aromatic rings. The normalized spacial score (nSPS) is 13.5. The van der Waals surface area contributed by atoms with Crippen LogP contribution in [0.15, 0.2) is 0 Å². The van der Waals surface area contributed by atoms with Crippen LogP contribution in [0.25, 0.3) is 0 Å². The van der Waals surface area contributed by atoms with Crippen LogP contribution in [0.4, 0.5) is 0 Å². The third-order valence-corrected chi connectivity index (χ3v) is 5.51. The zero-order valence-electron chi connectivity index (χ0n) is 17.0. The highest BCUT2D eigenvalue weighted by atomic mass is 31.2. The number of hydrogen-bond acceptors (Lipinski definition) is 4. The van der Waals surface area contributed by atoms with Crippen molar-refractivity contribution in [2.24, 2.45) is 0 Å². The van der Waals surface area contributed by atoms with Crippen LogP contribution in [-0.4, -0.2) is 17.5 Å². The summed E-state index contributed by atoms with van der Waals surface area (Å²) in [5.41, 5.74) is 0. The molecule has 0 aliphatic rings. The van der Waals surface area contributed by atoms with E-state index in [-0.39, 0.29) is 13.0 Å². The van der Waals surface area contributed by atoms with Gasteiger partial charge in [0.05, 0.1) is 6.61 Å². The van der Waals surface area contributed by atoms with Gasteiger partial charge in [-0.05, 0) is 13.3 Å². The highest BCUT2D eigenvalue weighted by Gasteiger charge is 2.24. The number of rotatable bonds is 19. The molecule has 0 fully saturated rings. The second-order valence-corrected chi connectivity index (χ2v) is 8.43. The molecule has 156 valence electrons. The maximum absolute atomic E-state index is 11.4. The average molecular weight is 393 g/mol. The minimum Gasteiger partial charge on any atom is -0.371 e. The van der Waals surface area contributed by atoms with Gasteiger partial charge in [0.15, 0.2) is 0 Å². The molecule has 0 aliphatic carbocycles. The van der Waals surface area contributed by atoms with Crippen LogP contribution in [0.2, 0.25) is 0 Å². The molecule has 0 aromatic heterocycles. The van der Waals surface area contributed by atoms with Gasteiger partial charge in [0.1, 0.15) is 0 Å². The van der Waals surface area contributed by atoms with E-state index in [2.05, 4.69) is 16.0 Å². The largest absolute Gasteiger partial charge is 0.529 e. The number of carbonyl (C=O) groups excluding carboxylic acids is 1. The van der Waals surface area contributed by atoms with Crippen LogP contribution in [0.5, 0.6) is 0 Å². The van der Waals surface area contributed by atoms with Crippen LogP contribution in [-0.2, 0) is 18.4 Å². The van der Waals surface area contributed by atoms with Crippen molar-refractivity contribution >= 4 is 13.8 Å². The third-order valence-electron chi connectivity index (χ3n) is 4.49. The van der Waals surface area contributed by atoms with E-state index in [1.165, 1.54) is 77.0 Å². The summed E-state index contributed by atoms with van der Waals surface area (Å²) in [5, 5.41) is 0. The molecular weight excluding hydrogens is 351 g/mol. The van der Waals surface area contributed by atoms with E-state index in [1.54, 1.807) is 6.92 Å². The van der Waals surface area contributed by atoms with Crippen LogP contribution in [0, 0.1) is 0 Å². The predicted octanol–water partition coefficient (Wildman–Crippen LogP) is 6.93. The molecule has 0 heterocycles. The van der Waals surface area contributed by atoms with Gasteiger partial charge in [-0.15, -0.1) is 0 Å². The minimum atomic E-state index is -4.19. The number of phosphoric ester groups is 1. The van der Waals surface area contributed by atoms with Gasteiger partial charge in [-0.3, -0.25) is 14.2 Å². The van der Waals surface area contributed by atoms with Crippen LogP contribution in [0.1, 0.15) is 117 Å². The number of hydrogen-bond donors (Lipinski definition) is 1. The Labute approximate surface area is 160 Å². The quantitative estimate of drug-likeness (QED) is 0.191. The van der Waals surface area contributed by atoms with Crippen molar-refractivity contribution in [2.45, 2.75) is 117 Å². The first-order valence-electron chi connectivity index (χ1n) is 10.7. The van der Waals surface area contributed by atoms with Crippen molar-refractivity contribution < 1.29 is 23.3 Å². The summed E-state index contributed by atoms with van der Waals surface area (Å²) in [7, 11) is -4.19. The molecular formula is C20H41O5P. The Morgan fingerprint density at radius 1 is 0.731 bits per heavy atom. The summed E-state index contributed by atoms with van der Waals surface area (Å²) < 4.78 is 20.2. The fourth-order valence-corrected chi connectivity index (χ4v) is 3.73. The van der Waals surface area contributed by atoms with Crippen molar-refractivity contribution in [3.05, 3.63) is 0 Å². The lowest BCUT2D eigenvalue weighted by molar-refractivity contribution is -0.136. The monoisotopic (exact) mass is 392 g/mol. The zero-order chi connectivity index (χ0) is 19.5. The van der Waals surface area contributed by atoms with Crippen molar-refractivity contribution in [1.82, 2.24) is 0 Å². The Bertz CT molecular complexity index is 373. The molecule has 0 aliphatic heterocycles. The van der Waals surface area contributed by atoms with E-state index in [9.17, 15) is 14.3 Å². The molecule has 1 unspecified atom stereocenters. The highest BCUT2D eigenvalue weighted by molar-refractivity contribution is 7.48. The van der Waals surface area contributed by atoms with Crippen LogP contribution in [0.3, 0.4) is 0 Å². The van der Waals surface area contributed by atoms with Crippen LogP contribution >= 0.6 is 7.82 Å². The van der Waals surface area contributed by atoms with Crippen molar-refractivity contribution in [3.63, 3.8) is 0 Å². The van der Waals surface area contributed by atoms with E-state index < -0.39 is 13.8 Å². The van der Waals surface area contributed by atoms with Gasteiger partial charge in [0.2, 0.25) is 0 Å². The average Bonchev–Trinajstić information content (AvgIpc) is 2.57. The predicted molar refractivity (Wildman–Crippen MR) is 107 cm³/mol. The van der Waals surface area contributed by atoms with E-state index >= 15 is 0 Å². The van der Waals surface area contributed by atoms with Gasteiger partial charge in [0, 0.05) is 6.42 Å². The first kappa shape index (κ1) is 25.6. The Morgan fingerprint density at radius 2 is 1.12 bits per heavy atom. The van der Waals surface area contributed by atoms with Gasteiger partial charge >= 0.3 is 13.8 Å². The SMILES string of the molecule is CCCCCCCCCCCCCCCCCC(=O)OP(=O)(O)OCC. The van der Waals surface area contributed by atoms with Crippen molar-refractivity contribution in [3.8, 4) is 0 Å². The van der Waals surface area contributed by atoms with E-state index in [1.807, 2.05) is 0 Å².